The Morgan fingerprint density at radius 2 is 1.89 bits per heavy atom. The molecule has 0 fully saturated rings. The lowest BCUT2D eigenvalue weighted by molar-refractivity contribution is 0.102. The van der Waals surface area contributed by atoms with Crippen LogP contribution in [0.5, 0.6) is 0 Å². The van der Waals surface area contributed by atoms with Gasteiger partial charge in [-0.2, -0.15) is 0 Å². The zero-order chi connectivity index (χ0) is 19.1. The lowest BCUT2D eigenvalue weighted by atomic mass is 10.2. The summed E-state index contributed by atoms with van der Waals surface area (Å²) in [4.78, 5) is 18.9. The largest absolute Gasteiger partial charge is 0.340 e. The molecular weight excluding hydrogens is 358 g/mol. The first-order valence-corrected chi connectivity index (χ1v) is 9.39. The van der Waals surface area contributed by atoms with E-state index in [0.29, 0.717) is 10.6 Å². The molecule has 0 unspecified atom stereocenters. The fraction of sp³-hybridized carbons (Fsp3) is 0.182. The van der Waals surface area contributed by atoms with Gasteiger partial charge in [0, 0.05) is 34.7 Å². The fourth-order valence-electron chi connectivity index (χ4n) is 2.82. The van der Waals surface area contributed by atoms with Crippen molar-refractivity contribution in [1.29, 1.82) is 0 Å². The summed E-state index contributed by atoms with van der Waals surface area (Å²) in [6.07, 6.45) is 5.78. The molecular formula is C22H22ClN3O. The third-order valence-corrected chi connectivity index (χ3v) is 4.43. The Morgan fingerprint density at radius 1 is 1.07 bits per heavy atom. The summed E-state index contributed by atoms with van der Waals surface area (Å²) < 4.78 is 0. The Morgan fingerprint density at radius 3 is 2.63 bits per heavy atom. The number of carbonyl (C=O) groups is 1. The van der Waals surface area contributed by atoms with E-state index in [2.05, 4.69) is 22.1 Å². The summed E-state index contributed by atoms with van der Waals surface area (Å²) in [6, 6.07) is 18.7. The molecule has 0 saturated carbocycles. The summed E-state index contributed by atoms with van der Waals surface area (Å²) in [5.41, 5.74) is 3.32. The zero-order valence-electron chi connectivity index (χ0n) is 15.2. The minimum Gasteiger partial charge on any atom is -0.340 e. The van der Waals surface area contributed by atoms with Gasteiger partial charge in [-0.25, -0.2) is 0 Å². The van der Waals surface area contributed by atoms with Gasteiger partial charge < -0.3 is 10.2 Å². The van der Waals surface area contributed by atoms with Crippen molar-refractivity contribution in [3.8, 4) is 0 Å². The van der Waals surface area contributed by atoms with E-state index in [-0.39, 0.29) is 5.91 Å². The first-order chi connectivity index (χ1) is 13.2. The minimum absolute atomic E-state index is 0.184. The number of amides is 1. The van der Waals surface area contributed by atoms with E-state index in [1.54, 1.807) is 30.5 Å². The van der Waals surface area contributed by atoms with Crippen molar-refractivity contribution in [2.24, 2.45) is 0 Å². The predicted octanol–water partition coefficient (Wildman–Crippen LogP) is 5.93. The summed E-state index contributed by atoms with van der Waals surface area (Å²) in [7, 11) is 0. The molecule has 4 nitrogen and oxygen atoms in total. The Labute approximate surface area is 164 Å². The maximum absolute atomic E-state index is 12.5. The van der Waals surface area contributed by atoms with Crippen LogP contribution in [-0.4, -0.2) is 17.4 Å². The van der Waals surface area contributed by atoms with E-state index in [1.165, 1.54) is 0 Å². The molecule has 5 heteroatoms. The molecule has 0 bridgehead atoms. The van der Waals surface area contributed by atoms with Crippen LogP contribution >= 0.6 is 11.6 Å². The van der Waals surface area contributed by atoms with Gasteiger partial charge in [-0.1, -0.05) is 37.1 Å². The van der Waals surface area contributed by atoms with Crippen molar-refractivity contribution < 1.29 is 4.79 Å². The second-order valence-electron chi connectivity index (χ2n) is 6.23. The van der Waals surface area contributed by atoms with Crippen molar-refractivity contribution in [3.05, 3.63) is 83.6 Å². The molecule has 0 saturated heterocycles. The number of nitrogens with zero attached hydrogens (tertiary/aromatic N) is 2. The monoisotopic (exact) mass is 379 g/mol. The van der Waals surface area contributed by atoms with Gasteiger partial charge in [-0.05, 0) is 55.0 Å². The molecule has 138 valence electrons. The van der Waals surface area contributed by atoms with Crippen LogP contribution in [0.4, 0.5) is 17.1 Å². The molecule has 0 atom stereocenters. The molecule has 0 aliphatic rings. The van der Waals surface area contributed by atoms with Crippen molar-refractivity contribution in [2.45, 2.75) is 19.8 Å². The van der Waals surface area contributed by atoms with Gasteiger partial charge in [0.15, 0.2) is 0 Å². The van der Waals surface area contributed by atoms with Gasteiger partial charge in [0.05, 0.1) is 11.9 Å². The first kappa shape index (κ1) is 18.9. The maximum Gasteiger partial charge on any atom is 0.255 e. The highest BCUT2D eigenvalue weighted by molar-refractivity contribution is 6.31. The van der Waals surface area contributed by atoms with Gasteiger partial charge in [0.25, 0.3) is 5.91 Å². The standard InChI is InChI=1S/C22H22ClN3O/c1-2-3-13-26(21-11-6-12-24-16-21)20-10-5-9-19(15-20)25-22(27)17-7-4-8-18(23)14-17/h4-12,14-16H,2-3,13H2,1H3,(H,25,27). The van der Waals surface area contributed by atoms with Crippen LogP contribution < -0.4 is 10.2 Å². The number of halogens is 1. The van der Waals surface area contributed by atoms with Crippen LogP contribution in [0.1, 0.15) is 30.1 Å². The Balaban J connectivity index is 1.83. The highest BCUT2D eigenvalue weighted by atomic mass is 35.5. The molecule has 1 amide bonds. The minimum atomic E-state index is -0.184. The number of pyridine rings is 1. The number of hydrogen-bond donors (Lipinski definition) is 1. The molecule has 1 heterocycles. The summed E-state index contributed by atoms with van der Waals surface area (Å²) in [5, 5.41) is 3.49. The molecule has 1 aromatic heterocycles. The Bertz CT molecular complexity index is 899. The van der Waals surface area contributed by atoms with E-state index in [9.17, 15) is 4.79 Å². The lowest BCUT2D eigenvalue weighted by Gasteiger charge is -2.25. The summed E-state index contributed by atoms with van der Waals surface area (Å²) in [5.74, 6) is -0.184. The third kappa shape index (κ3) is 5.08. The molecule has 0 aliphatic carbocycles. The van der Waals surface area contributed by atoms with Gasteiger partial charge in [0.2, 0.25) is 0 Å². The first-order valence-electron chi connectivity index (χ1n) is 9.02. The van der Waals surface area contributed by atoms with Crippen LogP contribution in [0.15, 0.2) is 73.1 Å². The maximum atomic E-state index is 12.5. The van der Waals surface area contributed by atoms with E-state index in [1.807, 2.05) is 42.6 Å². The topological polar surface area (TPSA) is 45.2 Å². The number of nitrogens with one attached hydrogen (secondary N) is 1. The normalized spacial score (nSPS) is 10.4. The summed E-state index contributed by atoms with van der Waals surface area (Å²) >= 11 is 5.98. The van der Waals surface area contributed by atoms with E-state index >= 15 is 0 Å². The molecule has 0 spiro atoms. The number of unbranched alkanes of at least 4 members (excludes halogenated alkanes) is 1. The van der Waals surface area contributed by atoms with Gasteiger partial charge in [0.1, 0.15) is 0 Å². The number of benzene rings is 2. The second kappa shape index (κ2) is 9.19. The average Bonchev–Trinajstić information content (AvgIpc) is 2.69. The van der Waals surface area contributed by atoms with Crippen LogP contribution in [0.3, 0.4) is 0 Å². The highest BCUT2D eigenvalue weighted by Gasteiger charge is 2.11. The second-order valence-corrected chi connectivity index (χ2v) is 6.67. The molecule has 0 radical (unpaired) electrons. The number of carbonyl (C=O) groups excluding carboxylic acids is 1. The van der Waals surface area contributed by atoms with Crippen molar-refractivity contribution in [2.75, 3.05) is 16.8 Å². The third-order valence-electron chi connectivity index (χ3n) is 4.20. The predicted molar refractivity (Wildman–Crippen MR) is 112 cm³/mol. The molecule has 2 aromatic carbocycles. The molecule has 27 heavy (non-hydrogen) atoms. The van der Waals surface area contributed by atoms with E-state index in [4.69, 9.17) is 11.6 Å². The lowest BCUT2D eigenvalue weighted by Crippen LogP contribution is -2.19. The Hall–Kier alpha value is -2.85. The number of aromatic nitrogens is 1. The molecule has 3 aromatic rings. The van der Waals surface area contributed by atoms with Crippen LogP contribution in [-0.2, 0) is 0 Å². The Kier molecular flexibility index (Phi) is 6.44. The molecule has 3 rings (SSSR count). The van der Waals surface area contributed by atoms with Gasteiger partial charge >= 0.3 is 0 Å². The number of rotatable bonds is 7. The van der Waals surface area contributed by atoms with E-state index in [0.717, 1.165) is 36.4 Å². The summed E-state index contributed by atoms with van der Waals surface area (Å²) in [6.45, 7) is 3.05. The smallest absolute Gasteiger partial charge is 0.255 e. The number of hydrogen-bond acceptors (Lipinski definition) is 3. The number of anilines is 3. The quantitative estimate of drug-likeness (QED) is 0.553. The molecule has 0 aliphatic heterocycles. The van der Waals surface area contributed by atoms with Crippen molar-refractivity contribution in [1.82, 2.24) is 4.98 Å². The fourth-order valence-corrected chi connectivity index (χ4v) is 3.01. The van der Waals surface area contributed by atoms with Crippen LogP contribution in [0.25, 0.3) is 0 Å². The van der Waals surface area contributed by atoms with Crippen molar-refractivity contribution >= 4 is 34.6 Å². The van der Waals surface area contributed by atoms with Gasteiger partial charge in [-0.15, -0.1) is 0 Å². The van der Waals surface area contributed by atoms with E-state index < -0.39 is 0 Å². The van der Waals surface area contributed by atoms with Crippen LogP contribution in [0.2, 0.25) is 5.02 Å². The van der Waals surface area contributed by atoms with Crippen molar-refractivity contribution in [3.63, 3.8) is 0 Å². The highest BCUT2D eigenvalue weighted by Crippen LogP contribution is 2.27. The molecule has 1 N–H and O–H groups in total. The SMILES string of the molecule is CCCCN(c1cccnc1)c1cccc(NC(=O)c2cccc(Cl)c2)c1. The average molecular weight is 380 g/mol. The van der Waals surface area contributed by atoms with Gasteiger partial charge in [-0.3, -0.25) is 9.78 Å². The zero-order valence-corrected chi connectivity index (χ0v) is 16.0. The van der Waals surface area contributed by atoms with Crippen LogP contribution in [0, 0.1) is 0 Å².